The van der Waals surface area contributed by atoms with E-state index in [1.807, 2.05) is 6.92 Å². The van der Waals surface area contributed by atoms with Gasteiger partial charge < -0.3 is 19.7 Å². The number of allylic oxidation sites excluding steroid dienone is 8. The van der Waals surface area contributed by atoms with Gasteiger partial charge in [-0.05, 0) is 63.7 Å². The number of hydrogen-bond donors (Lipinski definition) is 2. The highest BCUT2D eigenvalue weighted by Crippen LogP contribution is 2.13. The normalized spacial score (nSPS) is 13.6. The molecule has 0 fully saturated rings. The fourth-order valence-corrected chi connectivity index (χ4v) is 4.42. The van der Waals surface area contributed by atoms with Crippen molar-refractivity contribution in [3.8, 4) is 0 Å². The lowest BCUT2D eigenvalue weighted by atomic mass is 10.0. The van der Waals surface area contributed by atoms with E-state index >= 15 is 0 Å². The fourth-order valence-electron chi connectivity index (χ4n) is 4.42. The minimum absolute atomic E-state index is 0.0976. The molecule has 0 radical (unpaired) electrons. The molecule has 0 aromatic carbocycles. The molecule has 0 amide bonds. The van der Waals surface area contributed by atoms with Crippen LogP contribution in [0.5, 0.6) is 0 Å². The van der Waals surface area contributed by atoms with Crippen molar-refractivity contribution in [2.45, 2.75) is 155 Å². The van der Waals surface area contributed by atoms with Gasteiger partial charge in [0.25, 0.3) is 0 Å². The van der Waals surface area contributed by atoms with Crippen LogP contribution in [0.1, 0.15) is 143 Å². The summed E-state index contributed by atoms with van der Waals surface area (Å²) in [6.45, 7) is 6.09. The largest absolute Gasteiger partial charge is 0.462 e. The first kappa shape index (κ1) is 40.8. The van der Waals surface area contributed by atoms with Crippen LogP contribution in [0.4, 0.5) is 0 Å². The first-order chi connectivity index (χ1) is 20.9. The molecule has 0 aliphatic rings. The number of aliphatic hydroxyl groups excluding tert-OH is 2. The summed E-state index contributed by atoms with van der Waals surface area (Å²) < 4.78 is 10.5. The van der Waals surface area contributed by atoms with Crippen molar-refractivity contribution in [1.82, 2.24) is 0 Å². The Bertz CT molecular complexity index is 767. The minimum Gasteiger partial charge on any atom is -0.462 e. The van der Waals surface area contributed by atoms with Crippen LogP contribution >= 0.6 is 0 Å². The molecule has 0 bridgehead atoms. The summed E-state index contributed by atoms with van der Waals surface area (Å²) in [5.41, 5.74) is 0. The van der Waals surface area contributed by atoms with Gasteiger partial charge in [-0.25, -0.2) is 0 Å². The molecular formula is C37H64O6. The van der Waals surface area contributed by atoms with Crippen LogP contribution in [0.15, 0.2) is 48.6 Å². The molecule has 6 heteroatoms. The minimum atomic E-state index is -0.808. The molecule has 0 rings (SSSR count). The first-order valence-electron chi connectivity index (χ1n) is 17.1. The zero-order chi connectivity index (χ0) is 31.8. The van der Waals surface area contributed by atoms with Crippen LogP contribution in [0.25, 0.3) is 0 Å². The third kappa shape index (κ3) is 31.1. The Kier molecular flexibility index (Phi) is 29.7. The molecule has 43 heavy (non-hydrogen) atoms. The second-order valence-electron chi connectivity index (χ2n) is 11.9. The molecule has 0 saturated heterocycles. The quantitative estimate of drug-likeness (QED) is 0.0502. The Balaban J connectivity index is 3.74. The van der Waals surface area contributed by atoms with Crippen LogP contribution in [0, 0.1) is 5.92 Å². The van der Waals surface area contributed by atoms with E-state index in [-0.39, 0.29) is 37.7 Å². The molecule has 2 atom stereocenters. The molecule has 0 spiro atoms. The average Bonchev–Trinajstić information content (AvgIpc) is 2.99. The Morgan fingerprint density at radius 2 is 1.16 bits per heavy atom. The Morgan fingerprint density at radius 1 is 0.651 bits per heavy atom. The first-order valence-corrected chi connectivity index (χ1v) is 17.1. The smallest absolute Gasteiger partial charge is 0.306 e. The maximum atomic E-state index is 12.1. The zero-order valence-corrected chi connectivity index (χ0v) is 27.7. The molecule has 2 N–H and O–H groups in total. The van der Waals surface area contributed by atoms with E-state index in [1.165, 1.54) is 38.5 Å². The van der Waals surface area contributed by atoms with Crippen LogP contribution in [-0.4, -0.2) is 47.6 Å². The van der Waals surface area contributed by atoms with Gasteiger partial charge in [-0.3, -0.25) is 9.59 Å². The monoisotopic (exact) mass is 604 g/mol. The van der Waals surface area contributed by atoms with Gasteiger partial charge in [-0.15, -0.1) is 0 Å². The van der Waals surface area contributed by atoms with Crippen molar-refractivity contribution in [1.29, 1.82) is 0 Å². The van der Waals surface area contributed by atoms with Gasteiger partial charge in [-0.1, -0.05) is 121 Å². The number of hydrogen-bond acceptors (Lipinski definition) is 6. The number of unbranched alkanes of at least 4 members (excludes halogenated alkanes) is 8. The van der Waals surface area contributed by atoms with Crippen molar-refractivity contribution in [2.75, 3.05) is 13.2 Å². The summed E-state index contributed by atoms with van der Waals surface area (Å²) in [5, 5.41) is 19.0. The Morgan fingerprint density at radius 3 is 1.72 bits per heavy atom. The highest BCUT2D eigenvalue weighted by Gasteiger charge is 2.15. The van der Waals surface area contributed by atoms with E-state index in [4.69, 9.17) is 9.47 Å². The maximum Gasteiger partial charge on any atom is 0.306 e. The Labute approximate surface area is 263 Å². The number of carbonyl (C=O) groups is 2. The standard InChI is InChI=1S/C37H64O6/c1-4-34(39)28-24-20-16-11-9-7-5-6-8-10-12-18-22-26-30-37(41)43-35(31-38)32-42-36(40)29-25-21-17-14-13-15-19-23-27-33(2)3/h6-9,12,16,18,20,33-35,38-39H,4-5,10-11,13-15,17,19,21-32H2,1-3H3/b8-6-,9-7-,18-12-,20-16-/t34-,35+/m1/s1. The summed E-state index contributed by atoms with van der Waals surface area (Å²) in [6, 6.07) is 0. The molecule has 0 heterocycles. The predicted octanol–water partition coefficient (Wildman–Crippen LogP) is 9.11. The van der Waals surface area contributed by atoms with Gasteiger partial charge in [0, 0.05) is 12.8 Å². The Hall–Kier alpha value is -2.18. The maximum absolute atomic E-state index is 12.1. The van der Waals surface area contributed by atoms with Gasteiger partial charge in [-0.2, -0.15) is 0 Å². The summed E-state index contributed by atoms with van der Waals surface area (Å²) >= 11 is 0. The third-order valence-corrected chi connectivity index (χ3v) is 7.22. The second-order valence-corrected chi connectivity index (χ2v) is 11.9. The third-order valence-electron chi connectivity index (χ3n) is 7.22. The molecule has 0 aromatic rings. The van der Waals surface area contributed by atoms with Crippen molar-refractivity contribution in [2.24, 2.45) is 5.92 Å². The van der Waals surface area contributed by atoms with E-state index in [1.54, 1.807) is 0 Å². The van der Waals surface area contributed by atoms with Gasteiger partial charge in [0.15, 0.2) is 6.10 Å². The molecular weight excluding hydrogens is 540 g/mol. The molecule has 0 unspecified atom stereocenters. The molecule has 6 nitrogen and oxygen atoms in total. The highest BCUT2D eigenvalue weighted by atomic mass is 16.6. The summed E-state index contributed by atoms with van der Waals surface area (Å²) in [6.07, 6.45) is 34.1. The highest BCUT2D eigenvalue weighted by molar-refractivity contribution is 5.70. The van der Waals surface area contributed by atoms with Crippen LogP contribution in [-0.2, 0) is 19.1 Å². The number of ether oxygens (including phenoxy) is 2. The van der Waals surface area contributed by atoms with E-state index in [0.717, 1.165) is 70.1 Å². The van der Waals surface area contributed by atoms with Crippen molar-refractivity contribution in [3.63, 3.8) is 0 Å². The van der Waals surface area contributed by atoms with Crippen molar-refractivity contribution >= 4 is 11.9 Å². The topological polar surface area (TPSA) is 93.1 Å². The summed E-state index contributed by atoms with van der Waals surface area (Å²) in [7, 11) is 0. The van der Waals surface area contributed by atoms with E-state index in [0.29, 0.717) is 12.8 Å². The summed E-state index contributed by atoms with van der Waals surface area (Å²) in [4.78, 5) is 24.1. The lowest BCUT2D eigenvalue weighted by Gasteiger charge is -2.15. The van der Waals surface area contributed by atoms with Crippen LogP contribution in [0.3, 0.4) is 0 Å². The van der Waals surface area contributed by atoms with Crippen LogP contribution < -0.4 is 0 Å². The van der Waals surface area contributed by atoms with Crippen molar-refractivity contribution < 1.29 is 29.3 Å². The lowest BCUT2D eigenvalue weighted by Crippen LogP contribution is -2.28. The van der Waals surface area contributed by atoms with Gasteiger partial charge in [0.2, 0.25) is 0 Å². The van der Waals surface area contributed by atoms with Crippen LogP contribution in [0.2, 0.25) is 0 Å². The SMILES string of the molecule is CC[C@@H](O)CC/C=C\C/C=C\C/C=C\C/C=C\CCCC(=O)O[C@@H](CO)COC(=O)CCCCCCCCCCC(C)C. The molecule has 0 aliphatic heterocycles. The van der Waals surface area contributed by atoms with E-state index in [9.17, 15) is 19.8 Å². The number of aliphatic hydroxyl groups is 2. The van der Waals surface area contributed by atoms with Gasteiger partial charge >= 0.3 is 11.9 Å². The molecule has 0 aromatic heterocycles. The molecule has 248 valence electrons. The number of rotatable bonds is 29. The van der Waals surface area contributed by atoms with E-state index < -0.39 is 6.10 Å². The predicted molar refractivity (Wildman–Crippen MR) is 179 cm³/mol. The number of esters is 2. The van der Waals surface area contributed by atoms with Crippen molar-refractivity contribution in [3.05, 3.63) is 48.6 Å². The van der Waals surface area contributed by atoms with Gasteiger partial charge in [0.05, 0.1) is 12.7 Å². The molecule has 0 saturated carbocycles. The number of carbonyl (C=O) groups excluding carboxylic acids is 2. The lowest BCUT2D eigenvalue weighted by molar-refractivity contribution is -0.161. The molecule has 0 aliphatic carbocycles. The van der Waals surface area contributed by atoms with E-state index in [2.05, 4.69) is 62.5 Å². The fraction of sp³-hybridized carbons (Fsp3) is 0.730. The van der Waals surface area contributed by atoms with Gasteiger partial charge in [0.1, 0.15) is 6.61 Å². The zero-order valence-electron chi connectivity index (χ0n) is 27.7. The summed E-state index contributed by atoms with van der Waals surface area (Å²) in [5.74, 6) is 0.117. The second kappa shape index (κ2) is 31.3. The average molecular weight is 605 g/mol.